The first-order valence-electron chi connectivity index (χ1n) is 9.64. The number of carbonyl (C=O) groups excluding carboxylic acids is 3. The highest BCUT2D eigenvalue weighted by Crippen LogP contribution is 2.36. The molecule has 0 spiro atoms. The first kappa shape index (κ1) is 18.2. The van der Waals surface area contributed by atoms with E-state index >= 15 is 0 Å². The van der Waals surface area contributed by atoms with E-state index in [9.17, 15) is 14.4 Å². The lowest BCUT2D eigenvalue weighted by Gasteiger charge is -2.30. The van der Waals surface area contributed by atoms with Gasteiger partial charge in [0, 0.05) is 29.5 Å². The van der Waals surface area contributed by atoms with Crippen molar-refractivity contribution in [3.8, 4) is 0 Å². The Morgan fingerprint density at radius 2 is 1.68 bits per heavy atom. The average Bonchev–Trinajstić information content (AvgIpc) is 3.52. The minimum atomic E-state index is -0.739. The first-order chi connectivity index (χ1) is 13.5. The summed E-state index contributed by atoms with van der Waals surface area (Å²) in [6.07, 6.45) is 3.77. The highest BCUT2D eigenvalue weighted by molar-refractivity contribution is 6.43. The SMILES string of the molecule is Cc1cccc(NC(=O)C(=O)Nc2ccc3c(c2)N(C(=O)C2CC2)CCC3)c1. The van der Waals surface area contributed by atoms with Crippen molar-refractivity contribution in [3.05, 3.63) is 53.6 Å². The summed E-state index contributed by atoms with van der Waals surface area (Å²) in [4.78, 5) is 38.9. The molecule has 1 saturated carbocycles. The van der Waals surface area contributed by atoms with Gasteiger partial charge in [0.1, 0.15) is 0 Å². The predicted molar refractivity (Wildman–Crippen MR) is 108 cm³/mol. The van der Waals surface area contributed by atoms with Gasteiger partial charge in [-0.15, -0.1) is 0 Å². The maximum absolute atomic E-state index is 12.6. The summed E-state index contributed by atoms with van der Waals surface area (Å²) < 4.78 is 0. The second kappa shape index (κ2) is 7.46. The van der Waals surface area contributed by atoms with Gasteiger partial charge < -0.3 is 15.5 Å². The van der Waals surface area contributed by atoms with E-state index in [0.29, 0.717) is 17.9 Å². The number of rotatable bonds is 3. The molecule has 28 heavy (non-hydrogen) atoms. The van der Waals surface area contributed by atoms with Crippen LogP contribution in [0.1, 0.15) is 30.4 Å². The molecule has 2 aliphatic rings. The van der Waals surface area contributed by atoms with Crippen LogP contribution in [0.25, 0.3) is 0 Å². The van der Waals surface area contributed by atoms with E-state index in [1.54, 1.807) is 24.3 Å². The van der Waals surface area contributed by atoms with Crippen molar-refractivity contribution in [3.63, 3.8) is 0 Å². The van der Waals surface area contributed by atoms with Crippen molar-refractivity contribution in [1.29, 1.82) is 0 Å². The molecule has 4 rings (SSSR count). The molecule has 2 aromatic carbocycles. The standard InChI is InChI=1S/C22H23N3O3/c1-14-4-2-6-17(12-14)23-20(26)21(27)24-18-10-9-15-5-3-11-25(19(15)13-18)22(28)16-7-8-16/h2,4,6,9-10,12-13,16H,3,5,7-8,11H2,1H3,(H,23,26)(H,24,27). The number of carbonyl (C=O) groups is 3. The zero-order valence-electron chi connectivity index (χ0n) is 15.8. The molecule has 0 radical (unpaired) electrons. The Balaban J connectivity index is 1.47. The van der Waals surface area contributed by atoms with Gasteiger partial charge in [0.05, 0.1) is 0 Å². The van der Waals surface area contributed by atoms with E-state index in [1.807, 2.05) is 30.0 Å². The third-order valence-electron chi connectivity index (χ3n) is 5.14. The summed E-state index contributed by atoms with van der Waals surface area (Å²) in [5.41, 5.74) is 4.03. The van der Waals surface area contributed by atoms with Gasteiger partial charge in [-0.25, -0.2) is 0 Å². The van der Waals surface area contributed by atoms with Gasteiger partial charge >= 0.3 is 11.8 Å². The molecular formula is C22H23N3O3. The van der Waals surface area contributed by atoms with Crippen LogP contribution in [0.2, 0.25) is 0 Å². The lowest BCUT2D eigenvalue weighted by Crippen LogP contribution is -2.36. The van der Waals surface area contributed by atoms with Gasteiger partial charge in [-0.05, 0) is 68.0 Å². The van der Waals surface area contributed by atoms with Crippen LogP contribution in [0.4, 0.5) is 17.1 Å². The van der Waals surface area contributed by atoms with E-state index < -0.39 is 11.8 Å². The number of anilines is 3. The molecule has 6 nitrogen and oxygen atoms in total. The Bertz CT molecular complexity index is 950. The smallest absolute Gasteiger partial charge is 0.314 e. The molecule has 2 aromatic rings. The summed E-state index contributed by atoms with van der Waals surface area (Å²) in [6, 6.07) is 12.8. The molecule has 0 atom stereocenters. The summed E-state index contributed by atoms with van der Waals surface area (Å²) in [6.45, 7) is 2.62. The van der Waals surface area contributed by atoms with Gasteiger partial charge in [-0.2, -0.15) is 0 Å². The zero-order chi connectivity index (χ0) is 19.7. The molecule has 2 N–H and O–H groups in total. The highest BCUT2D eigenvalue weighted by Gasteiger charge is 2.35. The Morgan fingerprint density at radius 1 is 0.964 bits per heavy atom. The molecule has 0 saturated heterocycles. The minimum Gasteiger partial charge on any atom is -0.318 e. The fourth-order valence-corrected chi connectivity index (χ4v) is 3.53. The average molecular weight is 377 g/mol. The van der Waals surface area contributed by atoms with Crippen molar-refractivity contribution in [2.75, 3.05) is 22.1 Å². The zero-order valence-corrected chi connectivity index (χ0v) is 15.8. The Hall–Kier alpha value is -3.15. The van der Waals surface area contributed by atoms with Crippen LogP contribution in [0.5, 0.6) is 0 Å². The third kappa shape index (κ3) is 3.91. The van der Waals surface area contributed by atoms with Crippen LogP contribution >= 0.6 is 0 Å². The van der Waals surface area contributed by atoms with E-state index in [4.69, 9.17) is 0 Å². The number of hydrogen-bond acceptors (Lipinski definition) is 3. The molecule has 0 bridgehead atoms. The monoisotopic (exact) mass is 377 g/mol. The van der Waals surface area contributed by atoms with E-state index in [1.165, 1.54) is 0 Å². The van der Waals surface area contributed by atoms with Crippen LogP contribution < -0.4 is 15.5 Å². The molecule has 3 amide bonds. The largest absolute Gasteiger partial charge is 0.318 e. The van der Waals surface area contributed by atoms with E-state index in [2.05, 4.69) is 10.6 Å². The Morgan fingerprint density at radius 3 is 2.36 bits per heavy atom. The van der Waals surface area contributed by atoms with Gasteiger partial charge in [-0.1, -0.05) is 18.2 Å². The second-order valence-corrected chi connectivity index (χ2v) is 7.49. The van der Waals surface area contributed by atoms with Crippen molar-refractivity contribution in [1.82, 2.24) is 0 Å². The minimum absolute atomic E-state index is 0.143. The van der Waals surface area contributed by atoms with Gasteiger partial charge in [0.25, 0.3) is 0 Å². The fraction of sp³-hybridized carbons (Fsp3) is 0.318. The summed E-state index contributed by atoms with van der Waals surface area (Å²) in [7, 11) is 0. The second-order valence-electron chi connectivity index (χ2n) is 7.49. The quantitative estimate of drug-likeness (QED) is 0.806. The lowest BCUT2D eigenvalue weighted by atomic mass is 10.0. The van der Waals surface area contributed by atoms with Crippen molar-refractivity contribution >= 4 is 34.8 Å². The van der Waals surface area contributed by atoms with Gasteiger partial charge in [-0.3, -0.25) is 14.4 Å². The maximum atomic E-state index is 12.6. The van der Waals surface area contributed by atoms with Crippen molar-refractivity contribution in [2.24, 2.45) is 5.92 Å². The molecule has 144 valence electrons. The van der Waals surface area contributed by atoms with Gasteiger partial charge in [0.15, 0.2) is 0 Å². The lowest BCUT2D eigenvalue weighted by molar-refractivity contribution is -0.132. The molecule has 0 aromatic heterocycles. The molecular weight excluding hydrogens is 354 g/mol. The Labute approximate surface area is 163 Å². The van der Waals surface area contributed by atoms with Crippen LogP contribution in [0.3, 0.4) is 0 Å². The summed E-state index contributed by atoms with van der Waals surface area (Å²) >= 11 is 0. The predicted octanol–water partition coefficient (Wildman–Crippen LogP) is 3.26. The number of nitrogens with one attached hydrogen (secondary N) is 2. The van der Waals surface area contributed by atoms with E-state index in [0.717, 1.165) is 42.5 Å². The topological polar surface area (TPSA) is 78.5 Å². The highest BCUT2D eigenvalue weighted by atomic mass is 16.2. The van der Waals surface area contributed by atoms with Crippen molar-refractivity contribution < 1.29 is 14.4 Å². The van der Waals surface area contributed by atoms with Crippen LogP contribution in [0, 0.1) is 12.8 Å². The fourth-order valence-electron chi connectivity index (χ4n) is 3.53. The number of amides is 3. The number of hydrogen-bond donors (Lipinski definition) is 2. The molecule has 1 aliphatic carbocycles. The maximum Gasteiger partial charge on any atom is 0.314 e. The summed E-state index contributed by atoms with van der Waals surface area (Å²) in [5, 5.41) is 5.24. The number of aryl methyl sites for hydroxylation is 2. The molecule has 6 heteroatoms. The molecule has 0 unspecified atom stereocenters. The normalized spacial score (nSPS) is 15.5. The molecule has 1 fully saturated rings. The number of benzene rings is 2. The summed E-state index contributed by atoms with van der Waals surface area (Å²) in [5.74, 6) is -1.16. The third-order valence-corrected chi connectivity index (χ3v) is 5.14. The molecule has 1 aliphatic heterocycles. The van der Waals surface area contributed by atoms with Crippen molar-refractivity contribution in [2.45, 2.75) is 32.6 Å². The first-order valence-corrected chi connectivity index (χ1v) is 9.64. The Kier molecular flexibility index (Phi) is 4.86. The number of fused-ring (bicyclic) bond motifs is 1. The molecule has 1 heterocycles. The van der Waals surface area contributed by atoms with Crippen LogP contribution in [0.15, 0.2) is 42.5 Å². The van der Waals surface area contributed by atoms with Crippen LogP contribution in [-0.4, -0.2) is 24.3 Å². The van der Waals surface area contributed by atoms with Gasteiger partial charge in [0.2, 0.25) is 5.91 Å². The number of nitrogens with zero attached hydrogens (tertiary/aromatic N) is 1. The van der Waals surface area contributed by atoms with E-state index in [-0.39, 0.29) is 11.8 Å². The van der Waals surface area contributed by atoms with Crippen LogP contribution in [-0.2, 0) is 20.8 Å².